The number of hydrogen-bond acceptors (Lipinski definition) is 6. The van der Waals surface area contributed by atoms with Gasteiger partial charge in [0, 0.05) is 30.0 Å². The maximum atomic E-state index is 14.7. The summed E-state index contributed by atoms with van der Waals surface area (Å²) in [5.74, 6) is -0.968. The van der Waals surface area contributed by atoms with Crippen molar-refractivity contribution in [2.45, 2.75) is 11.8 Å². The van der Waals surface area contributed by atoms with Gasteiger partial charge in [0.25, 0.3) is 15.9 Å². The molecule has 8 nitrogen and oxygen atoms in total. The standard InChI is InChI=1S/C25H26FN3O5S/c1-17-3-6-19(7-4-17)28-35(31,32)24-15-18(5-10-23(24)33-2)25(30)27-20-8-9-22(21(26)16-20)29-11-13-34-14-12-29/h3-10,15-16,28H,11-14H2,1-2H3,(H,27,30). The third kappa shape index (κ3) is 5.72. The highest BCUT2D eigenvalue weighted by Gasteiger charge is 2.22. The first-order chi connectivity index (χ1) is 16.8. The number of methoxy groups -OCH3 is 1. The summed E-state index contributed by atoms with van der Waals surface area (Å²) in [5, 5.41) is 2.62. The Bertz CT molecular complexity index is 1320. The van der Waals surface area contributed by atoms with Crippen LogP contribution >= 0.6 is 0 Å². The maximum Gasteiger partial charge on any atom is 0.265 e. The largest absolute Gasteiger partial charge is 0.495 e. The highest BCUT2D eigenvalue weighted by atomic mass is 32.2. The number of anilines is 3. The number of ether oxygens (including phenoxy) is 2. The number of nitrogens with zero attached hydrogens (tertiary/aromatic N) is 1. The van der Waals surface area contributed by atoms with Gasteiger partial charge in [0.2, 0.25) is 0 Å². The minimum absolute atomic E-state index is 0.0766. The molecule has 0 atom stereocenters. The Balaban J connectivity index is 1.55. The third-order valence-corrected chi connectivity index (χ3v) is 6.98. The summed E-state index contributed by atoms with van der Waals surface area (Å²) in [7, 11) is -2.71. The molecule has 1 heterocycles. The Morgan fingerprint density at radius 2 is 1.69 bits per heavy atom. The van der Waals surface area contributed by atoms with Crippen molar-refractivity contribution in [3.05, 3.63) is 77.6 Å². The van der Waals surface area contributed by atoms with Crippen molar-refractivity contribution >= 4 is 33.0 Å². The molecule has 1 aliphatic heterocycles. The molecule has 35 heavy (non-hydrogen) atoms. The number of hydrogen-bond donors (Lipinski definition) is 2. The average Bonchev–Trinajstić information content (AvgIpc) is 2.85. The lowest BCUT2D eigenvalue weighted by atomic mass is 10.2. The molecule has 0 aliphatic carbocycles. The molecule has 1 fully saturated rings. The average molecular weight is 500 g/mol. The maximum absolute atomic E-state index is 14.7. The number of carbonyl (C=O) groups excluding carboxylic acids is 1. The Kier molecular flexibility index (Phi) is 7.23. The zero-order valence-electron chi connectivity index (χ0n) is 19.4. The number of benzene rings is 3. The number of halogens is 1. The molecule has 0 unspecified atom stereocenters. The first-order valence-corrected chi connectivity index (χ1v) is 12.5. The predicted molar refractivity (Wildman–Crippen MR) is 132 cm³/mol. The normalized spacial score (nSPS) is 13.9. The van der Waals surface area contributed by atoms with E-state index in [9.17, 15) is 17.6 Å². The Hall–Kier alpha value is -3.63. The van der Waals surface area contributed by atoms with Gasteiger partial charge in [0.1, 0.15) is 16.5 Å². The molecule has 0 radical (unpaired) electrons. The summed E-state index contributed by atoms with van der Waals surface area (Å²) in [6.07, 6.45) is 0. The molecular formula is C25H26FN3O5S. The summed E-state index contributed by atoms with van der Waals surface area (Å²) in [5.41, 5.74) is 2.13. The predicted octanol–water partition coefficient (Wildman–Crippen LogP) is 4.03. The second-order valence-electron chi connectivity index (χ2n) is 8.06. The number of rotatable bonds is 7. The second-order valence-corrected chi connectivity index (χ2v) is 9.71. The fraction of sp³-hybridized carbons (Fsp3) is 0.240. The first-order valence-electron chi connectivity index (χ1n) is 11.0. The molecule has 1 saturated heterocycles. The number of aryl methyl sites for hydroxylation is 1. The lowest BCUT2D eigenvalue weighted by Crippen LogP contribution is -2.36. The van der Waals surface area contributed by atoms with Crippen LogP contribution in [-0.4, -0.2) is 47.7 Å². The highest BCUT2D eigenvalue weighted by molar-refractivity contribution is 7.92. The number of carbonyl (C=O) groups is 1. The Morgan fingerprint density at radius 1 is 1.00 bits per heavy atom. The molecule has 3 aromatic rings. The first kappa shape index (κ1) is 24.5. The van der Waals surface area contributed by atoms with E-state index in [-0.39, 0.29) is 21.9 Å². The highest BCUT2D eigenvalue weighted by Crippen LogP contribution is 2.28. The van der Waals surface area contributed by atoms with Crippen LogP contribution in [0, 0.1) is 12.7 Å². The summed E-state index contributed by atoms with van der Waals surface area (Å²) in [6, 6.07) is 15.4. The molecule has 0 bridgehead atoms. The van der Waals surface area contributed by atoms with Crippen LogP contribution in [0.15, 0.2) is 65.6 Å². The van der Waals surface area contributed by atoms with Gasteiger partial charge in [-0.3, -0.25) is 9.52 Å². The second kappa shape index (κ2) is 10.3. The third-order valence-electron chi connectivity index (χ3n) is 5.58. The van der Waals surface area contributed by atoms with E-state index in [4.69, 9.17) is 9.47 Å². The van der Waals surface area contributed by atoms with Crippen molar-refractivity contribution in [2.75, 3.05) is 48.4 Å². The van der Waals surface area contributed by atoms with E-state index in [2.05, 4.69) is 10.0 Å². The summed E-state index contributed by atoms with van der Waals surface area (Å²) < 4.78 is 53.8. The van der Waals surface area contributed by atoms with Gasteiger partial charge in [-0.1, -0.05) is 17.7 Å². The summed E-state index contributed by atoms with van der Waals surface area (Å²) in [4.78, 5) is 14.6. The molecule has 4 rings (SSSR count). The zero-order valence-corrected chi connectivity index (χ0v) is 20.2. The lowest BCUT2D eigenvalue weighted by molar-refractivity contribution is 0.102. The molecule has 2 N–H and O–H groups in total. The minimum atomic E-state index is -4.05. The fourth-order valence-electron chi connectivity index (χ4n) is 3.71. The van der Waals surface area contributed by atoms with Crippen molar-refractivity contribution in [2.24, 2.45) is 0 Å². The van der Waals surface area contributed by atoms with Crippen LogP contribution in [0.4, 0.5) is 21.5 Å². The molecular weight excluding hydrogens is 473 g/mol. The van der Waals surface area contributed by atoms with E-state index < -0.39 is 21.7 Å². The van der Waals surface area contributed by atoms with Gasteiger partial charge >= 0.3 is 0 Å². The molecule has 1 amide bonds. The van der Waals surface area contributed by atoms with Gasteiger partial charge in [-0.15, -0.1) is 0 Å². The molecule has 184 valence electrons. The minimum Gasteiger partial charge on any atom is -0.495 e. The topological polar surface area (TPSA) is 97.0 Å². The van der Waals surface area contributed by atoms with Crippen molar-refractivity contribution in [3.8, 4) is 5.75 Å². The zero-order chi connectivity index (χ0) is 25.0. The number of amides is 1. The van der Waals surface area contributed by atoms with Crippen molar-refractivity contribution in [3.63, 3.8) is 0 Å². The number of nitrogens with one attached hydrogen (secondary N) is 2. The summed E-state index contributed by atoms with van der Waals surface area (Å²) in [6.45, 7) is 4.12. The van der Waals surface area contributed by atoms with E-state index in [0.717, 1.165) is 5.56 Å². The van der Waals surface area contributed by atoms with E-state index in [0.29, 0.717) is 37.7 Å². The fourth-order valence-corrected chi connectivity index (χ4v) is 4.96. The number of morpholine rings is 1. The van der Waals surface area contributed by atoms with Crippen LogP contribution in [0.2, 0.25) is 0 Å². The van der Waals surface area contributed by atoms with Crippen molar-refractivity contribution < 1.29 is 27.1 Å². The van der Waals surface area contributed by atoms with E-state index in [1.54, 1.807) is 36.4 Å². The van der Waals surface area contributed by atoms with Crippen LogP contribution < -0.4 is 19.7 Å². The smallest absolute Gasteiger partial charge is 0.265 e. The Morgan fingerprint density at radius 3 is 2.34 bits per heavy atom. The molecule has 1 aliphatic rings. The van der Waals surface area contributed by atoms with Gasteiger partial charge in [0.15, 0.2) is 0 Å². The quantitative estimate of drug-likeness (QED) is 0.510. The molecule has 0 saturated carbocycles. The van der Waals surface area contributed by atoms with Crippen molar-refractivity contribution in [1.82, 2.24) is 0 Å². The monoisotopic (exact) mass is 499 g/mol. The van der Waals surface area contributed by atoms with Crippen LogP contribution in [0.3, 0.4) is 0 Å². The van der Waals surface area contributed by atoms with Crippen molar-refractivity contribution in [1.29, 1.82) is 0 Å². The van der Waals surface area contributed by atoms with Crippen LogP contribution in [0.1, 0.15) is 15.9 Å². The summed E-state index contributed by atoms with van der Waals surface area (Å²) >= 11 is 0. The van der Waals surface area contributed by atoms with Gasteiger partial charge < -0.3 is 19.7 Å². The molecule has 3 aromatic carbocycles. The van der Waals surface area contributed by atoms with Crippen LogP contribution in [-0.2, 0) is 14.8 Å². The van der Waals surface area contributed by atoms with Crippen LogP contribution in [0.5, 0.6) is 5.75 Å². The van der Waals surface area contributed by atoms with E-state index in [1.165, 1.54) is 31.4 Å². The molecule has 10 heteroatoms. The van der Waals surface area contributed by atoms with Gasteiger partial charge in [-0.25, -0.2) is 12.8 Å². The number of sulfonamides is 1. The van der Waals surface area contributed by atoms with Crippen LogP contribution in [0.25, 0.3) is 0 Å². The SMILES string of the molecule is COc1ccc(C(=O)Nc2ccc(N3CCOCC3)c(F)c2)cc1S(=O)(=O)Nc1ccc(C)cc1. The molecule has 0 spiro atoms. The van der Waals surface area contributed by atoms with Gasteiger partial charge in [0.05, 0.1) is 26.0 Å². The Labute approximate surface area is 203 Å². The van der Waals surface area contributed by atoms with E-state index in [1.807, 2.05) is 11.8 Å². The molecule has 0 aromatic heterocycles. The van der Waals surface area contributed by atoms with Gasteiger partial charge in [-0.05, 0) is 55.5 Å². The van der Waals surface area contributed by atoms with Gasteiger partial charge in [-0.2, -0.15) is 0 Å². The van der Waals surface area contributed by atoms with E-state index >= 15 is 0 Å². The lowest BCUT2D eigenvalue weighted by Gasteiger charge is -2.29.